The predicted octanol–water partition coefficient (Wildman–Crippen LogP) is 4.12. The lowest BCUT2D eigenvalue weighted by molar-refractivity contribution is -0.140. The minimum Gasteiger partial charge on any atom is -0.481 e. The maximum absolute atomic E-state index is 12.3. The average Bonchev–Trinajstić information content (AvgIpc) is 3.10. The summed E-state index contributed by atoms with van der Waals surface area (Å²) in [6.07, 6.45) is 3.81. The number of hydrogen-bond donors (Lipinski definition) is 1. The largest absolute Gasteiger partial charge is 0.481 e. The van der Waals surface area contributed by atoms with E-state index in [1.54, 1.807) is 6.07 Å². The monoisotopic (exact) mass is 421 g/mol. The minimum atomic E-state index is -0.887. The molecule has 8 heteroatoms. The third kappa shape index (κ3) is 5.08. The number of piperidine rings is 2. The molecule has 168 valence electrons. The lowest BCUT2D eigenvalue weighted by Gasteiger charge is -2.46. The SMILES string of the molecule is CC(C)C(C(=O)O)c1cc(N2CCC3(CCN(C(=O)OC(C)(C)C)CC3)CC2)no1. The van der Waals surface area contributed by atoms with Gasteiger partial charge in [0.15, 0.2) is 11.6 Å². The second-order valence-corrected chi connectivity index (χ2v) is 10.1. The second-order valence-electron chi connectivity index (χ2n) is 10.1. The van der Waals surface area contributed by atoms with Gasteiger partial charge in [0.1, 0.15) is 11.5 Å². The Bertz CT molecular complexity index is 749. The van der Waals surface area contributed by atoms with E-state index in [2.05, 4.69) is 10.1 Å². The summed E-state index contributed by atoms with van der Waals surface area (Å²) in [5.74, 6) is -0.499. The molecule has 2 aliphatic rings. The van der Waals surface area contributed by atoms with Crippen LogP contribution in [0.15, 0.2) is 10.6 Å². The number of carboxylic acid groups (broad SMARTS) is 1. The van der Waals surface area contributed by atoms with E-state index in [1.165, 1.54) is 0 Å². The predicted molar refractivity (Wildman–Crippen MR) is 113 cm³/mol. The fourth-order valence-electron chi connectivity index (χ4n) is 4.51. The first kappa shape index (κ1) is 22.4. The molecule has 0 saturated carbocycles. The van der Waals surface area contributed by atoms with Gasteiger partial charge in [0.25, 0.3) is 0 Å². The fourth-order valence-corrected chi connectivity index (χ4v) is 4.51. The highest BCUT2D eigenvalue weighted by Crippen LogP contribution is 2.42. The molecule has 2 saturated heterocycles. The van der Waals surface area contributed by atoms with Crippen LogP contribution in [0.25, 0.3) is 0 Å². The molecule has 1 atom stereocenters. The first-order chi connectivity index (χ1) is 14.0. The van der Waals surface area contributed by atoms with Crippen LogP contribution in [0.3, 0.4) is 0 Å². The van der Waals surface area contributed by atoms with E-state index in [9.17, 15) is 14.7 Å². The Balaban J connectivity index is 1.55. The number of carboxylic acids is 1. The average molecular weight is 422 g/mol. The van der Waals surface area contributed by atoms with Crippen molar-refractivity contribution in [2.24, 2.45) is 11.3 Å². The summed E-state index contributed by atoms with van der Waals surface area (Å²) in [6, 6.07) is 1.78. The number of aromatic nitrogens is 1. The highest BCUT2D eigenvalue weighted by atomic mass is 16.6. The van der Waals surface area contributed by atoms with Crippen molar-refractivity contribution in [1.82, 2.24) is 10.1 Å². The molecule has 2 aliphatic heterocycles. The zero-order valence-electron chi connectivity index (χ0n) is 18.8. The Hall–Kier alpha value is -2.25. The molecule has 3 rings (SSSR count). The van der Waals surface area contributed by atoms with Crippen molar-refractivity contribution in [3.63, 3.8) is 0 Å². The van der Waals surface area contributed by atoms with Crippen molar-refractivity contribution in [1.29, 1.82) is 0 Å². The van der Waals surface area contributed by atoms with E-state index in [4.69, 9.17) is 9.26 Å². The van der Waals surface area contributed by atoms with Crippen LogP contribution in [0, 0.1) is 11.3 Å². The van der Waals surface area contributed by atoms with Gasteiger partial charge < -0.3 is 24.2 Å². The van der Waals surface area contributed by atoms with Crippen molar-refractivity contribution in [3.8, 4) is 0 Å². The topological polar surface area (TPSA) is 96.1 Å². The molecule has 1 unspecified atom stereocenters. The lowest BCUT2D eigenvalue weighted by atomic mass is 9.71. The number of carbonyl (C=O) groups excluding carboxylic acids is 1. The molecule has 1 spiro atoms. The zero-order chi connectivity index (χ0) is 22.1. The van der Waals surface area contributed by atoms with Gasteiger partial charge >= 0.3 is 12.1 Å². The van der Waals surface area contributed by atoms with E-state index in [1.807, 2.05) is 39.5 Å². The fraction of sp³-hybridized carbons (Fsp3) is 0.773. The van der Waals surface area contributed by atoms with E-state index in [0.717, 1.165) is 57.7 Å². The Labute approximate surface area is 178 Å². The standard InChI is InChI=1S/C22H35N3O5/c1-15(2)18(19(26)27)16-14-17(23-30-16)24-10-6-22(7-11-24)8-12-25(13-9-22)20(28)29-21(3,4)5/h14-15,18H,6-13H2,1-5H3,(H,26,27). The Kier molecular flexibility index (Phi) is 6.34. The summed E-state index contributed by atoms with van der Waals surface area (Å²) in [4.78, 5) is 27.9. The van der Waals surface area contributed by atoms with Gasteiger partial charge in [-0.2, -0.15) is 0 Å². The number of nitrogens with zero attached hydrogens (tertiary/aromatic N) is 3. The number of ether oxygens (including phenoxy) is 1. The van der Waals surface area contributed by atoms with Crippen LogP contribution in [-0.2, 0) is 9.53 Å². The number of amides is 1. The molecular formula is C22H35N3O5. The summed E-state index contributed by atoms with van der Waals surface area (Å²) in [5.41, 5.74) is -0.216. The highest BCUT2D eigenvalue weighted by molar-refractivity contribution is 5.75. The molecule has 1 aromatic heterocycles. The molecule has 3 heterocycles. The molecule has 1 N–H and O–H groups in total. The molecule has 0 radical (unpaired) electrons. The van der Waals surface area contributed by atoms with Crippen molar-refractivity contribution in [2.45, 2.75) is 71.8 Å². The smallest absolute Gasteiger partial charge is 0.410 e. The third-order valence-electron chi connectivity index (χ3n) is 6.38. The molecule has 1 amide bonds. The third-order valence-corrected chi connectivity index (χ3v) is 6.38. The number of anilines is 1. The van der Waals surface area contributed by atoms with E-state index in [0.29, 0.717) is 5.76 Å². The number of rotatable bonds is 4. The molecule has 0 bridgehead atoms. The quantitative estimate of drug-likeness (QED) is 0.781. The summed E-state index contributed by atoms with van der Waals surface area (Å²) in [5, 5.41) is 13.6. The van der Waals surface area contributed by atoms with Crippen LogP contribution in [0.2, 0.25) is 0 Å². The van der Waals surface area contributed by atoms with Crippen molar-refractivity contribution in [3.05, 3.63) is 11.8 Å². The molecule has 0 aromatic carbocycles. The number of carbonyl (C=O) groups is 2. The second kappa shape index (κ2) is 8.47. The van der Waals surface area contributed by atoms with Gasteiger partial charge in [-0.25, -0.2) is 4.79 Å². The number of hydrogen-bond acceptors (Lipinski definition) is 6. The maximum Gasteiger partial charge on any atom is 0.410 e. The van der Waals surface area contributed by atoms with Gasteiger partial charge in [-0.1, -0.05) is 19.0 Å². The van der Waals surface area contributed by atoms with Gasteiger partial charge in [0.05, 0.1) is 0 Å². The van der Waals surface area contributed by atoms with Gasteiger partial charge in [-0.15, -0.1) is 0 Å². The summed E-state index contributed by atoms with van der Waals surface area (Å²) < 4.78 is 10.9. The molecule has 2 fully saturated rings. The molecule has 8 nitrogen and oxygen atoms in total. The van der Waals surface area contributed by atoms with Crippen LogP contribution in [0.5, 0.6) is 0 Å². The van der Waals surface area contributed by atoms with Crippen LogP contribution >= 0.6 is 0 Å². The molecule has 0 aliphatic carbocycles. The van der Waals surface area contributed by atoms with E-state index < -0.39 is 17.5 Å². The van der Waals surface area contributed by atoms with Crippen LogP contribution in [0.1, 0.15) is 72.0 Å². The van der Waals surface area contributed by atoms with Crippen LogP contribution < -0.4 is 4.90 Å². The van der Waals surface area contributed by atoms with E-state index >= 15 is 0 Å². The normalized spacial score (nSPS) is 20.5. The molecular weight excluding hydrogens is 386 g/mol. The maximum atomic E-state index is 12.3. The van der Waals surface area contributed by atoms with E-state index in [-0.39, 0.29) is 17.4 Å². The van der Waals surface area contributed by atoms with Gasteiger partial charge in [-0.05, 0) is 57.8 Å². The minimum absolute atomic E-state index is 0.0666. The highest BCUT2D eigenvalue weighted by Gasteiger charge is 2.40. The van der Waals surface area contributed by atoms with Crippen LogP contribution in [0.4, 0.5) is 10.6 Å². The first-order valence-corrected chi connectivity index (χ1v) is 10.9. The van der Waals surface area contributed by atoms with Crippen LogP contribution in [-0.4, -0.2) is 59.0 Å². The van der Waals surface area contributed by atoms with Gasteiger partial charge in [-0.3, -0.25) is 4.79 Å². The first-order valence-electron chi connectivity index (χ1n) is 10.9. The molecule has 1 aromatic rings. The summed E-state index contributed by atoms with van der Waals surface area (Å²) >= 11 is 0. The van der Waals surface area contributed by atoms with Gasteiger partial charge in [0, 0.05) is 32.2 Å². The summed E-state index contributed by atoms with van der Waals surface area (Å²) in [7, 11) is 0. The zero-order valence-corrected chi connectivity index (χ0v) is 18.8. The number of likely N-dealkylation sites (tertiary alicyclic amines) is 1. The lowest BCUT2D eigenvalue weighted by Crippen LogP contribution is -2.49. The summed E-state index contributed by atoms with van der Waals surface area (Å²) in [6.45, 7) is 12.6. The Morgan fingerprint density at radius 2 is 1.70 bits per heavy atom. The van der Waals surface area contributed by atoms with Gasteiger partial charge in [0.2, 0.25) is 0 Å². The number of aliphatic carboxylic acids is 1. The molecule has 30 heavy (non-hydrogen) atoms. The Morgan fingerprint density at radius 1 is 1.13 bits per heavy atom. The van der Waals surface area contributed by atoms with Crippen molar-refractivity contribution >= 4 is 17.9 Å². The van der Waals surface area contributed by atoms with Crippen molar-refractivity contribution in [2.75, 3.05) is 31.1 Å². The Morgan fingerprint density at radius 3 is 2.20 bits per heavy atom. The van der Waals surface area contributed by atoms with Crippen molar-refractivity contribution < 1.29 is 24.0 Å².